The molecular weight excluding hydrogens is 370 g/mol. The molecule has 0 radical (unpaired) electrons. The maximum atomic E-state index is 12.5. The van der Waals surface area contributed by atoms with Crippen molar-refractivity contribution >= 4 is 40.5 Å². The van der Waals surface area contributed by atoms with Crippen LogP contribution in [0.5, 0.6) is 5.88 Å². The van der Waals surface area contributed by atoms with E-state index >= 15 is 0 Å². The van der Waals surface area contributed by atoms with E-state index < -0.39 is 5.78 Å². The predicted octanol–water partition coefficient (Wildman–Crippen LogP) is 2.42. The first-order valence-electron chi connectivity index (χ1n) is 8.02. The number of allylic oxidation sites excluding steroid dienone is 1. The number of amides is 2. The molecule has 1 aromatic carbocycles. The van der Waals surface area contributed by atoms with Crippen molar-refractivity contribution in [2.75, 3.05) is 26.0 Å². The summed E-state index contributed by atoms with van der Waals surface area (Å²) in [5.41, 5.74) is 1.56. The number of carbonyl (C=O) groups is 3. The van der Waals surface area contributed by atoms with Crippen LogP contribution in [-0.4, -0.2) is 48.2 Å². The van der Waals surface area contributed by atoms with Gasteiger partial charge < -0.3 is 15.0 Å². The quantitative estimate of drug-likeness (QED) is 0.630. The van der Waals surface area contributed by atoms with E-state index in [0.717, 1.165) is 0 Å². The number of rotatable bonds is 5. The average molecular weight is 386 g/mol. The average Bonchev–Trinajstić information content (AvgIpc) is 2.96. The van der Waals surface area contributed by atoms with Crippen LogP contribution in [-0.2, 0) is 9.59 Å². The summed E-state index contributed by atoms with van der Waals surface area (Å²) in [7, 11) is 3.25. The van der Waals surface area contributed by atoms with Gasteiger partial charge >= 0.3 is 0 Å². The fraction of sp³-hybridized carbons (Fsp3) is 0.158. The minimum Gasteiger partial charge on any atom is -0.468 e. The second-order valence-corrected chi connectivity index (χ2v) is 6.41. The lowest BCUT2D eigenvalue weighted by atomic mass is 10.0. The number of hydrogen-bond donors (Lipinski definition) is 1. The molecule has 1 aromatic heterocycles. The first-order chi connectivity index (χ1) is 12.9. The van der Waals surface area contributed by atoms with Gasteiger partial charge in [0.25, 0.3) is 11.8 Å². The lowest BCUT2D eigenvalue weighted by Crippen LogP contribution is -2.27. The highest BCUT2D eigenvalue weighted by Gasteiger charge is 2.27. The molecule has 3 rings (SSSR count). The van der Waals surface area contributed by atoms with Crippen LogP contribution in [0, 0.1) is 0 Å². The monoisotopic (exact) mass is 385 g/mol. The Morgan fingerprint density at radius 2 is 2.04 bits per heavy atom. The molecule has 7 nitrogen and oxygen atoms in total. The zero-order valence-corrected chi connectivity index (χ0v) is 15.4. The molecule has 0 atom stereocenters. The van der Waals surface area contributed by atoms with Gasteiger partial charge in [0.1, 0.15) is 0 Å². The number of benzene rings is 1. The fourth-order valence-corrected chi connectivity index (χ4v) is 2.71. The molecular formula is C19H16ClN3O4. The van der Waals surface area contributed by atoms with Gasteiger partial charge in [-0.2, -0.15) is 0 Å². The first-order valence-corrected chi connectivity index (χ1v) is 8.40. The molecule has 0 saturated carbocycles. The van der Waals surface area contributed by atoms with Gasteiger partial charge in [-0.25, -0.2) is 4.98 Å². The van der Waals surface area contributed by atoms with Gasteiger partial charge in [0.15, 0.2) is 12.4 Å². The summed E-state index contributed by atoms with van der Waals surface area (Å²) >= 11 is 6.16. The molecule has 1 aliphatic rings. The van der Waals surface area contributed by atoms with Crippen LogP contribution < -0.4 is 10.1 Å². The molecule has 138 valence electrons. The standard InChI is InChI=1S/C19H16ClN3O4/c1-23(2)17(25)10-27-16-7-6-11(9-21-16)15(24)8-12-18-13(20)4-3-5-14(18)22-19(12)26/h3-9H,10H2,1-2H3,(H,22,26). The molecule has 8 heteroatoms. The highest BCUT2D eigenvalue weighted by molar-refractivity contribution is 6.41. The summed E-state index contributed by atoms with van der Waals surface area (Å²) in [5.74, 6) is -0.760. The van der Waals surface area contributed by atoms with Crippen LogP contribution >= 0.6 is 11.6 Å². The van der Waals surface area contributed by atoms with Crippen molar-refractivity contribution in [3.05, 3.63) is 58.8 Å². The van der Waals surface area contributed by atoms with Crippen molar-refractivity contribution < 1.29 is 19.1 Å². The predicted molar refractivity (Wildman–Crippen MR) is 101 cm³/mol. The Morgan fingerprint density at radius 1 is 1.26 bits per heavy atom. The van der Waals surface area contributed by atoms with Gasteiger partial charge in [0.05, 0.1) is 16.3 Å². The molecule has 0 unspecified atom stereocenters. The third-order valence-electron chi connectivity index (χ3n) is 3.91. The highest BCUT2D eigenvalue weighted by atomic mass is 35.5. The topological polar surface area (TPSA) is 88.6 Å². The summed E-state index contributed by atoms with van der Waals surface area (Å²) in [4.78, 5) is 41.6. The van der Waals surface area contributed by atoms with Crippen LogP contribution in [0.2, 0.25) is 5.02 Å². The summed E-state index contributed by atoms with van der Waals surface area (Å²) in [6.45, 7) is -0.146. The van der Waals surface area contributed by atoms with Gasteiger partial charge in [-0.3, -0.25) is 14.4 Å². The first kappa shape index (κ1) is 18.6. The molecule has 1 aliphatic heterocycles. The van der Waals surface area contributed by atoms with Crippen molar-refractivity contribution in [3.63, 3.8) is 0 Å². The van der Waals surface area contributed by atoms with Crippen molar-refractivity contribution in [1.82, 2.24) is 9.88 Å². The van der Waals surface area contributed by atoms with Crippen LogP contribution in [0.4, 0.5) is 5.69 Å². The number of fused-ring (bicyclic) bond motifs is 1. The summed E-state index contributed by atoms with van der Waals surface area (Å²) in [5, 5.41) is 3.06. The molecule has 0 spiro atoms. The van der Waals surface area contributed by atoms with Crippen LogP contribution in [0.25, 0.3) is 5.57 Å². The summed E-state index contributed by atoms with van der Waals surface area (Å²) in [6.07, 6.45) is 2.56. The van der Waals surface area contributed by atoms with Crippen LogP contribution in [0.3, 0.4) is 0 Å². The van der Waals surface area contributed by atoms with Crippen LogP contribution in [0.1, 0.15) is 15.9 Å². The number of halogens is 1. The number of hydrogen-bond acceptors (Lipinski definition) is 5. The normalized spacial score (nSPS) is 13.9. The fourth-order valence-electron chi connectivity index (χ4n) is 2.43. The van der Waals surface area contributed by atoms with Gasteiger partial charge in [0, 0.05) is 37.5 Å². The molecule has 2 aromatic rings. The molecule has 27 heavy (non-hydrogen) atoms. The Labute approximate surface area is 160 Å². The van der Waals surface area contributed by atoms with E-state index in [4.69, 9.17) is 16.3 Å². The van der Waals surface area contributed by atoms with Gasteiger partial charge in [-0.05, 0) is 24.3 Å². The van der Waals surface area contributed by atoms with Gasteiger partial charge in [-0.15, -0.1) is 0 Å². The second kappa shape index (κ2) is 7.59. The van der Waals surface area contributed by atoms with Crippen molar-refractivity contribution in [2.45, 2.75) is 0 Å². The van der Waals surface area contributed by atoms with E-state index in [2.05, 4.69) is 10.3 Å². The smallest absolute Gasteiger partial charge is 0.260 e. The third-order valence-corrected chi connectivity index (χ3v) is 4.23. The Hall–Kier alpha value is -3.19. The minimum atomic E-state index is -0.392. The maximum absolute atomic E-state index is 12.5. The zero-order chi connectivity index (χ0) is 19.6. The second-order valence-electron chi connectivity index (χ2n) is 6.00. The summed E-state index contributed by atoms with van der Waals surface area (Å²) < 4.78 is 5.27. The zero-order valence-electron chi connectivity index (χ0n) is 14.7. The number of anilines is 1. The number of likely N-dealkylation sites (N-methyl/N-ethyl adjacent to an activating group) is 1. The highest BCUT2D eigenvalue weighted by Crippen LogP contribution is 2.37. The minimum absolute atomic E-state index is 0.146. The van der Waals surface area contributed by atoms with Crippen molar-refractivity contribution in [1.29, 1.82) is 0 Å². The largest absolute Gasteiger partial charge is 0.468 e. The molecule has 0 fully saturated rings. The SMILES string of the molecule is CN(C)C(=O)COc1ccc(C(=O)C=C2C(=O)Nc3cccc(Cl)c32)cn1. The Kier molecular flexibility index (Phi) is 5.23. The van der Waals surface area contributed by atoms with E-state index in [-0.39, 0.29) is 35.4 Å². The number of pyridine rings is 1. The summed E-state index contributed by atoms with van der Waals surface area (Å²) in [6, 6.07) is 8.09. The van der Waals surface area contributed by atoms with E-state index in [1.165, 1.54) is 29.3 Å². The lowest BCUT2D eigenvalue weighted by molar-refractivity contribution is -0.130. The van der Waals surface area contributed by atoms with E-state index in [1.54, 1.807) is 32.3 Å². The number of ketones is 1. The molecule has 1 N–H and O–H groups in total. The molecule has 0 aliphatic carbocycles. The number of nitrogens with zero attached hydrogens (tertiary/aromatic N) is 2. The number of nitrogens with one attached hydrogen (secondary N) is 1. The lowest BCUT2D eigenvalue weighted by Gasteiger charge is -2.10. The number of ether oxygens (including phenoxy) is 1. The maximum Gasteiger partial charge on any atom is 0.260 e. The Morgan fingerprint density at radius 3 is 2.70 bits per heavy atom. The molecule has 2 heterocycles. The van der Waals surface area contributed by atoms with Crippen LogP contribution in [0.15, 0.2) is 42.6 Å². The van der Waals surface area contributed by atoms with Crippen molar-refractivity contribution in [2.24, 2.45) is 0 Å². The third kappa shape index (κ3) is 3.98. The van der Waals surface area contributed by atoms with Crippen molar-refractivity contribution in [3.8, 4) is 5.88 Å². The van der Waals surface area contributed by atoms with E-state index in [9.17, 15) is 14.4 Å². The number of carbonyl (C=O) groups excluding carboxylic acids is 3. The van der Waals surface area contributed by atoms with Gasteiger partial charge in [-0.1, -0.05) is 17.7 Å². The number of aromatic nitrogens is 1. The Balaban J connectivity index is 1.77. The molecule has 0 bridgehead atoms. The van der Waals surface area contributed by atoms with E-state index in [0.29, 0.717) is 16.3 Å². The molecule has 0 saturated heterocycles. The molecule has 2 amide bonds. The van der Waals surface area contributed by atoms with Gasteiger partial charge in [0.2, 0.25) is 5.88 Å². The van der Waals surface area contributed by atoms with E-state index in [1.807, 2.05) is 0 Å². The Bertz CT molecular complexity index is 952.